The van der Waals surface area contributed by atoms with Crippen molar-refractivity contribution in [1.82, 2.24) is 14.7 Å². The third-order valence-corrected chi connectivity index (χ3v) is 4.84. The summed E-state index contributed by atoms with van der Waals surface area (Å²) in [6, 6.07) is -0.208. The molecule has 0 aromatic rings. The summed E-state index contributed by atoms with van der Waals surface area (Å²) in [5, 5.41) is 9.15. The fraction of sp³-hybridized carbons (Fsp3) is 0.867. The normalized spacial score (nSPS) is 26.6. The van der Waals surface area contributed by atoms with E-state index < -0.39 is 5.97 Å². The zero-order valence-corrected chi connectivity index (χ0v) is 13.1. The standard InChI is InChI=1S/C15H27N3O3/c1-3-16-7-9-17(10-8-16)14(19)12(2)18-6-4-5-13(11-18)15(20)21/h12-13H,3-11H2,1-2H3,(H,20,21). The molecule has 1 amide bonds. The number of hydrogen-bond donors (Lipinski definition) is 1. The zero-order chi connectivity index (χ0) is 15.4. The molecule has 2 aliphatic rings. The Kier molecular flexibility index (Phi) is 5.58. The molecule has 2 rings (SSSR count). The van der Waals surface area contributed by atoms with E-state index in [0.717, 1.165) is 52.1 Å². The van der Waals surface area contributed by atoms with Crippen molar-refractivity contribution in [2.75, 3.05) is 45.8 Å². The summed E-state index contributed by atoms with van der Waals surface area (Å²) in [6.45, 7) is 9.85. The molecule has 2 unspecified atom stereocenters. The fourth-order valence-corrected chi connectivity index (χ4v) is 3.26. The molecule has 2 atom stereocenters. The van der Waals surface area contributed by atoms with E-state index in [-0.39, 0.29) is 17.9 Å². The molecular weight excluding hydrogens is 270 g/mol. The number of carbonyl (C=O) groups excluding carboxylic acids is 1. The van der Waals surface area contributed by atoms with Gasteiger partial charge >= 0.3 is 5.97 Å². The molecular formula is C15H27N3O3. The second kappa shape index (κ2) is 7.22. The van der Waals surface area contributed by atoms with E-state index >= 15 is 0 Å². The van der Waals surface area contributed by atoms with Crippen LogP contribution >= 0.6 is 0 Å². The van der Waals surface area contributed by atoms with Gasteiger partial charge in [-0.15, -0.1) is 0 Å². The number of rotatable bonds is 4. The molecule has 1 N–H and O–H groups in total. The lowest BCUT2D eigenvalue weighted by Gasteiger charge is -2.39. The van der Waals surface area contributed by atoms with E-state index in [4.69, 9.17) is 5.11 Å². The number of aliphatic carboxylic acids is 1. The largest absolute Gasteiger partial charge is 0.481 e. The Bertz CT molecular complexity index is 380. The number of likely N-dealkylation sites (N-methyl/N-ethyl adjacent to an activating group) is 1. The Morgan fingerprint density at radius 3 is 2.43 bits per heavy atom. The summed E-state index contributed by atoms with van der Waals surface area (Å²) in [5.41, 5.74) is 0. The smallest absolute Gasteiger partial charge is 0.307 e. The van der Waals surface area contributed by atoms with Crippen LogP contribution in [0.25, 0.3) is 0 Å². The van der Waals surface area contributed by atoms with Crippen LogP contribution in [0.5, 0.6) is 0 Å². The van der Waals surface area contributed by atoms with E-state index in [1.807, 2.05) is 16.7 Å². The van der Waals surface area contributed by atoms with Crippen LogP contribution in [0, 0.1) is 5.92 Å². The molecule has 2 saturated heterocycles. The Hall–Kier alpha value is -1.14. The summed E-state index contributed by atoms with van der Waals surface area (Å²) in [7, 11) is 0. The molecule has 6 nitrogen and oxygen atoms in total. The molecule has 2 heterocycles. The maximum absolute atomic E-state index is 12.6. The van der Waals surface area contributed by atoms with Gasteiger partial charge in [-0.05, 0) is 32.9 Å². The van der Waals surface area contributed by atoms with E-state index in [9.17, 15) is 9.59 Å². The van der Waals surface area contributed by atoms with Crippen LogP contribution in [-0.2, 0) is 9.59 Å². The predicted molar refractivity (Wildman–Crippen MR) is 80.1 cm³/mol. The first-order valence-corrected chi connectivity index (χ1v) is 8.01. The summed E-state index contributed by atoms with van der Waals surface area (Å²) in [5.74, 6) is -0.918. The number of amides is 1. The quantitative estimate of drug-likeness (QED) is 0.810. The van der Waals surface area contributed by atoms with Gasteiger partial charge in [-0.25, -0.2) is 0 Å². The highest BCUT2D eigenvalue weighted by Crippen LogP contribution is 2.20. The van der Waals surface area contributed by atoms with Crippen LogP contribution in [0.2, 0.25) is 0 Å². The lowest BCUT2D eigenvalue weighted by molar-refractivity contribution is -0.147. The van der Waals surface area contributed by atoms with Gasteiger partial charge in [0, 0.05) is 32.7 Å². The highest BCUT2D eigenvalue weighted by atomic mass is 16.4. The summed E-state index contributed by atoms with van der Waals surface area (Å²) in [6.07, 6.45) is 1.58. The molecule has 0 bridgehead atoms. The summed E-state index contributed by atoms with van der Waals surface area (Å²) in [4.78, 5) is 30.0. The number of hydrogen-bond acceptors (Lipinski definition) is 4. The topological polar surface area (TPSA) is 64.1 Å². The Morgan fingerprint density at radius 2 is 1.86 bits per heavy atom. The van der Waals surface area contributed by atoms with Crippen molar-refractivity contribution < 1.29 is 14.7 Å². The van der Waals surface area contributed by atoms with Crippen molar-refractivity contribution >= 4 is 11.9 Å². The molecule has 2 aliphatic heterocycles. The molecule has 21 heavy (non-hydrogen) atoms. The van der Waals surface area contributed by atoms with Gasteiger partial charge in [0.2, 0.25) is 5.91 Å². The number of carbonyl (C=O) groups is 2. The van der Waals surface area contributed by atoms with Crippen LogP contribution in [0.1, 0.15) is 26.7 Å². The third kappa shape index (κ3) is 3.95. The average Bonchev–Trinajstić information content (AvgIpc) is 2.53. The van der Waals surface area contributed by atoms with Gasteiger partial charge in [0.05, 0.1) is 12.0 Å². The number of nitrogens with zero attached hydrogens (tertiary/aromatic N) is 3. The average molecular weight is 297 g/mol. The van der Waals surface area contributed by atoms with Gasteiger partial charge in [0.1, 0.15) is 0 Å². The Morgan fingerprint density at radius 1 is 1.19 bits per heavy atom. The van der Waals surface area contributed by atoms with Crippen molar-refractivity contribution in [3.63, 3.8) is 0 Å². The van der Waals surface area contributed by atoms with Crippen LogP contribution < -0.4 is 0 Å². The first-order chi connectivity index (χ1) is 10.0. The van der Waals surface area contributed by atoms with Gasteiger partial charge in [-0.1, -0.05) is 6.92 Å². The van der Waals surface area contributed by atoms with Crippen molar-refractivity contribution in [2.45, 2.75) is 32.7 Å². The third-order valence-electron chi connectivity index (χ3n) is 4.84. The molecule has 6 heteroatoms. The lowest BCUT2D eigenvalue weighted by Crippen LogP contribution is -2.55. The van der Waals surface area contributed by atoms with Crippen molar-refractivity contribution in [3.8, 4) is 0 Å². The zero-order valence-electron chi connectivity index (χ0n) is 13.1. The first-order valence-electron chi connectivity index (χ1n) is 8.01. The van der Waals surface area contributed by atoms with Crippen LogP contribution in [0.4, 0.5) is 0 Å². The molecule has 2 fully saturated rings. The second-order valence-electron chi connectivity index (χ2n) is 6.11. The minimum Gasteiger partial charge on any atom is -0.481 e. The van der Waals surface area contributed by atoms with Crippen LogP contribution in [-0.4, -0.2) is 83.5 Å². The molecule has 0 aliphatic carbocycles. The number of piperazine rings is 1. The minimum absolute atomic E-state index is 0.150. The monoisotopic (exact) mass is 297 g/mol. The summed E-state index contributed by atoms with van der Waals surface area (Å²) < 4.78 is 0. The number of piperidine rings is 1. The van der Waals surface area contributed by atoms with Crippen molar-refractivity contribution in [3.05, 3.63) is 0 Å². The fourth-order valence-electron chi connectivity index (χ4n) is 3.26. The van der Waals surface area contributed by atoms with Gasteiger partial charge in [-0.2, -0.15) is 0 Å². The molecule has 0 saturated carbocycles. The van der Waals surface area contributed by atoms with Gasteiger partial charge in [0.25, 0.3) is 0 Å². The minimum atomic E-state index is -0.740. The number of carboxylic acid groups (broad SMARTS) is 1. The first kappa shape index (κ1) is 16.2. The van der Waals surface area contributed by atoms with E-state index in [0.29, 0.717) is 6.54 Å². The van der Waals surface area contributed by atoms with Gasteiger partial charge in [-0.3, -0.25) is 14.5 Å². The van der Waals surface area contributed by atoms with E-state index in [2.05, 4.69) is 11.8 Å². The Labute approximate surface area is 126 Å². The molecule has 0 aromatic carbocycles. The molecule has 120 valence electrons. The van der Waals surface area contributed by atoms with Crippen LogP contribution in [0.3, 0.4) is 0 Å². The van der Waals surface area contributed by atoms with Crippen LogP contribution in [0.15, 0.2) is 0 Å². The molecule has 0 radical (unpaired) electrons. The van der Waals surface area contributed by atoms with E-state index in [1.54, 1.807) is 0 Å². The second-order valence-corrected chi connectivity index (χ2v) is 6.11. The number of carboxylic acids is 1. The maximum Gasteiger partial charge on any atom is 0.307 e. The summed E-state index contributed by atoms with van der Waals surface area (Å²) >= 11 is 0. The van der Waals surface area contributed by atoms with E-state index in [1.165, 1.54) is 0 Å². The van der Waals surface area contributed by atoms with Crippen molar-refractivity contribution in [1.29, 1.82) is 0 Å². The maximum atomic E-state index is 12.6. The van der Waals surface area contributed by atoms with Crippen molar-refractivity contribution in [2.24, 2.45) is 5.92 Å². The molecule has 0 aromatic heterocycles. The Balaban J connectivity index is 1.88. The predicted octanol–water partition coefficient (Wildman–Crippen LogP) is 0.336. The van der Waals surface area contributed by atoms with Gasteiger partial charge < -0.3 is 14.9 Å². The highest BCUT2D eigenvalue weighted by molar-refractivity contribution is 5.81. The lowest BCUT2D eigenvalue weighted by atomic mass is 9.97. The number of likely N-dealkylation sites (tertiary alicyclic amines) is 1. The highest BCUT2D eigenvalue weighted by Gasteiger charge is 2.33. The van der Waals surface area contributed by atoms with Gasteiger partial charge in [0.15, 0.2) is 0 Å². The SMILES string of the molecule is CCN1CCN(C(=O)C(C)N2CCCC(C(=O)O)C2)CC1. The molecule has 0 spiro atoms.